The number of aromatic hydroxyl groups is 1. The number of likely N-dealkylation sites (N-methyl/N-ethyl adjacent to an activating group) is 1. The van der Waals surface area contributed by atoms with Crippen molar-refractivity contribution in [3.8, 4) is 11.5 Å². The quantitative estimate of drug-likeness (QED) is 0.878. The number of hydrogen-bond acceptors (Lipinski definition) is 4. The van der Waals surface area contributed by atoms with E-state index < -0.39 is 0 Å². The fraction of sp³-hybridized carbons (Fsp3) is 0.462. The van der Waals surface area contributed by atoms with E-state index in [2.05, 4.69) is 5.32 Å². The Labute approximate surface area is 119 Å². The maximum Gasteiger partial charge on any atom is 0.257 e. The van der Waals surface area contributed by atoms with Crippen LogP contribution in [0.15, 0.2) is 18.2 Å². The van der Waals surface area contributed by atoms with Crippen molar-refractivity contribution in [1.82, 2.24) is 10.2 Å². The van der Waals surface area contributed by atoms with Crippen molar-refractivity contribution < 1.29 is 14.6 Å². The SMILES string of the molecule is COc1ccc(O)c(C(=O)N(C)C2CCNC2)c1.Cl. The second-order valence-electron chi connectivity index (χ2n) is 4.45. The average molecular weight is 287 g/mol. The second-order valence-corrected chi connectivity index (χ2v) is 4.45. The van der Waals surface area contributed by atoms with Crippen LogP contribution in [0.3, 0.4) is 0 Å². The summed E-state index contributed by atoms with van der Waals surface area (Å²) in [7, 11) is 3.30. The average Bonchev–Trinajstić information content (AvgIpc) is 2.91. The van der Waals surface area contributed by atoms with E-state index in [9.17, 15) is 9.90 Å². The van der Waals surface area contributed by atoms with E-state index in [0.717, 1.165) is 19.5 Å². The van der Waals surface area contributed by atoms with Crippen LogP contribution in [0.4, 0.5) is 0 Å². The number of rotatable bonds is 3. The number of carbonyl (C=O) groups is 1. The molecule has 1 amide bonds. The zero-order valence-corrected chi connectivity index (χ0v) is 11.9. The molecule has 0 aromatic heterocycles. The van der Waals surface area contributed by atoms with E-state index in [1.807, 2.05) is 0 Å². The number of phenolic OH excluding ortho intramolecular Hbond substituents is 1. The summed E-state index contributed by atoms with van der Waals surface area (Å²) >= 11 is 0. The van der Waals surface area contributed by atoms with Crippen LogP contribution in [0, 0.1) is 0 Å². The summed E-state index contributed by atoms with van der Waals surface area (Å²) in [6, 6.07) is 4.86. The first-order chi connectivity index (χ1) is 8.63. The van der Waals surface area contributed by atoms with Gasteiger partial charge in [-0.05, 0) is 31.2 Å². The molecule has 0 radical (unpaired) electrons. The van der Waals surface area contributed by atoms with Crippen molar-refractivity contribution >= 4 is 18.3 Å². The topological polar surface area (TPSA) is 61.8 Å². The summed E-state index contributed by atoms with van der Waals surface area (Å²) in [6.07, 6.45) is 0.937. The summed E-state index contributed by atoms with van der Waals surface area (Å²) in [4.78, 5) is 14.0. The minimum Gasteiger partial charge on any atom is -0.507 e. The molecule has 1 aliphatic rings. The lowest BCUT2D eigenvalue weighted by molar-refractivity contribution is 0.0740. The van der Waals surface area contributed by atoms with Gasteiger partial charge in [-0.15, -0.1) is 12.4 Å². The van der Waals surface area contributed by atoms with E-state index >= 15 is 0 Å². The van der Waals surface area contributed by atoms with Gasteiger partial charge in [0.1, 0.15) is 11.5 Å². The molecule has 5 nitrogen and oxygen atoms in total. The second kappa shape index (κ2) is 6.63. The first-order valence-electron chi connectivity index (χ1n) is 5.98. The molecule has 1 atom stereocenters. The highest BCUT2D eigenvalue weighted by Crippen LogP contribution is 2.25. The van der Waals surface area contributed by atoms with Gasteiger partial charge in [-0.1, -0.05) is 0 Å². The minimum absolute atomic E-state index is 0. The number of phenols is 1. The van der Waals surface area contributed by atoms with Crippen LogP contribution in [-0.2, 0) is 0 Å². The molecule has 1 aromatic rings. The molecule has 0 aliphatic carbocycles. The summed E-state index contributed by atoms with van der Waals surface area (Å²) < 4.78 is 5.07. The van der Waals surface area contributed by atoms with Crippen LogP contribution >= 0.6 is 12.4 Å². The molecule has 1 aliphatic heterocycles. The van der Waals surface area contributed by atoms with Crippen molar-refractivity contribution in [1.29, 1.82) is 0 Å². The monoisotopic (exact) mass is 286 g/mol. The number of methoxy groups -OCH3 is 1. The molecule has 19 heavy (non-hydrogen) atoms. The maximum atomic E-state index is 12.3. The molecule has 2 N–H and O–H groups in total. The molecule has 1 aromatic carbocycles. The molecule has 0 spiro atoms. The minimum atomic E-state index is -0.180. The van der Waals surface area contributed by atoms with Gasteiger partial charge in [-0.3, -0.25) is 4.79 Å². The lowest BCUT2D eigenvalue weighted by atomic mass is 10.1. The van der Waals surface area contributed by atoms with Gasteiger partial charge in [-0.25, -0.2) is 0 Å². The summed E-state index contributed by atoms with van der Waals surface area (Å²) in [5.41, 5.74) is 0.281. The molecule has 1 saturated heterocycles. The van der Waals surface area contributed by atoms with E-state index in [0.29, 0.717) is 5.75 Å². The number of halogens is 1. The molecule has 2 rings (SSSR count). The van der Waals surface area contributed by atoms with Crippen molar-refractivity contribution in [2.45, 2.75) is 12.5 Å². The normalized spacial score (nSPS) is 17.7. The third-order valence-electron chi connectivity index (χ3n) is 3.34. The predicted molar refractivity (Wildman–Crippen MR) is 75.3 cm³/mol. The molecule has 1 fully saturated rings. The first kappa shape index (κ1) is 15.6. The van der Waals surface area contributed by atoms with E-state index in [1.54, 1.807) is 24.1 Å². The van der Waals surface area contributed by atoms with Gasteiger partial charge in [0.05, 0.1) is 12.7 Å². The Balaban J connectivity index is 0.00000180. The van der Waals surface area contributed by atoms with Crippen LogP contribution in [0.2, 0.25) is 0 Å². The van der Waals surface area contributed by atoms with Gasteiger partial charge >= 0.3 is 0 Å². The number of hydrogen-bond donors (Lipinski definition) is 2. The molecule has 1 heterocycles. The van der Waals surface area contributed by atoms with Crippen molar-refractivity contribution in [2.75, 3.05) is 27.2 Å². The summed E-state index contributed by atoms with van der Waals surface area (Å²) in [5.74, 6) is 0.368. The van der Waals surface area contributed by atoms with Gasteiger partial charge in [-0.2, -0.15) is 0 Å². The van der Waals surface area contributed by atoms with Crippen LogP contribution in [0.1, 0.15) is 16.8 Å². The fourth-order valence-electron chi connectivity index (χ4n) is 2.14. The molecule has 106 valence electrons. The van der Waals surface area contributed by atoms with Crippen LogP contribution < -0.4 is 10.1 Å². The van der Waals surface area contributed by atoms with Crippen LogP contribution in [0.25, 0.3) is 0 Å². The van der Waals surface area contributed by atoms with Crippen molar-refractivity contribution in [3.05, 3.63) is 23.8 Å². The maximum absolute atomic E-state index is 12.3. The number of nitrogens with one attached hydrogen (secondary N) is 1. The Kier molecular flexibility index (Phi) is 5.44. The van der Waals surface area contributed by atoms with Gasteiger partial charge < -0.3 is 20.1 Å². The Morgan fingerprint density at radius 1 is 1.53 bits per heavy atom. The fourth-order valence-corrected chi connectivity index (χ4v) is 2.14. The molecule has 0 bridgehead atoms. The zero-order valence-electron chi connectivity index (χ0n) is 11.0. The number of amides is 1. The highest BCUT2D eigenvalue weighted by Gasteiger charge is 2.25. The molecule has 6 heteroatoms. The smallest absolute Gasteiger partial charge is 0.257 e. The van der Waals surface area contributed by atoms with Crippen molar-refractivity contribution in [2.24, 2.45) is 0 Å². The third-order valence-corrected chi connectivity index (χ3v) is 3.34. The van der Waals surface area contributed by atoms with E-state index in [1.165, 1.54) is 13.2 Å². The number of carbonyl (C=O) groups excluding carboxylic acids is 1. The third kappa shape index (κ3) is 3.30. The Bertz CT molecular complexity index is 448. The lowest BCUT2D eigenvalue weighted by Gasteiger charge is -2.24. The molecular formula is C13H19ClN2O3. The Hall–Kier alpha value is -1.46. The van der Waals surface area contributed by atoms with Gasteiger partial charge in [0, 0.05) is 19.6 Å². The summed E-state index contributed by atoms with van der Waals surface area (Å²) in [6.45, 7) is 1.72. The summed E-state index contributed by atoms with van der Waals surface area (Å²) in [5, 5.41) is 13.0. The number of benzene rings is 1. The van der Waals surface area contributed by atoms with Gasteiger partial charge in [0.25, 0.3) is 5.91 Å². The predicted octanol–water partition coefficient (Wildman–Crippen LogP) is 1.26. The number of ether oxygens (including phenoxy) is 1. The van der Waals surface area contributed by atoms with E-state index in [4.69, 9.17) is 4.74 Å². The van der Waals surface area contributed by atoms with Gasteiger partial charge in [0.15, 0.2) is 0 Å². The lowest BCUT2D eigenvalue weighted by Crippen LogP contribution is -2.38. The molecule has 1 unspecified atom stereocenters. The zero-order chi connectivity index (χ0) is 13.1. The highest BCUT2D eigenvalue weighted by atomic mass is 35.5. The molecular weight excluding hydrogens is 268 g/mol. The number of nitrogens with zero attached hydrogens (tertiary/aromatic N) is 1. The Morgan fingerprint density at radius 2 is 2.26 bits per heavy atom. The standard InChI is InChI=1S/C13H18N2O3.ClH/c1-15(9-5-6-14-8-9)13(17)11-7-10(18-2)3-4-12(11)16;/h3-4,7,9,14,16H,5-6,8H2,1-2H3;1H. The van der Waals surface area contributed by atoms with E-state index in [-0.39, 0.29) is 35.7 Å². The Morgan fingerprint density at radius 3 is 2.84 bits per heavy atom. The van der Waals surface area contributed by atoms with Crippen LogP contribution in [-0.4, -0.2) is 49.2 Å². The first-order valence-corrected chi connectivity index (χ1v) is 5.98. The van der Waals surface area contributed by atoms with Crippen LogP contribution in [0.5, 0.6) is 11.5 Å². The largest absolute Gasteiger partial charge is 0.507 e. The highest BCUT2D eigenvalue weighted by molar-refractivity contribution is 5.97. The van der Waals surface area contributed by atoms with Gasteiger partial charge in [0.2, 0.25) is 0 Å². The van der Waals surface area contributed by atoms with Crippen molar-refractivity contribution in [3.63, 3.8) is 0 Å². The molecule has 0 saturated carbocycles.